The molecule has 2 aromatic heterocycles. The standard InChI is InChI=1S/C22H19FN4OS/c23-17-6-8-18(9-7-17)25-10-12-26(13-11-25)21(28)20-15-29-22-24-19(14-27(20)22)16-4-2-1-3-5-16/h1-9,14-15H,10-13H2. The number of imidazole rings is 1. The number of halogens is 1. The zero-order valence-corrected chi connectivity index (χ0v) is 16.5. The summed E-state index contributed by atoms with van der Waals surface area (Å²) in [5.41, 5.74) is 3.54. The van der Waals surface area contributed by atoms with Gasteiger partial charge in [-0.15, -0.1) is 11.3 Å². The number of carbonyl (C=O) groups excluding carboxylic acids is 1. The Balaban J connectivity index is 1.33. The van der Waals surface area contributed by atoms with Crippen molar-refractivity contribution in [2.24, 2.45) is 0 Å². The van der Waals surface area contributed by atoms with Gasteiger partial charge in [0.2, 0.25) is 0 Å². The van der Waals surface area contributed by atoms with E-state index in [1.807, 2.05) is 51.2 Å². The maximum Gasteiger partial charge on any atom is 0.271 e. The predicted molar refractivity (Wildman–Crippen MR) is 113 cm³/mol. The lowest BCUT2D eigenvalue weighted by atomic mass is 10.2. The molecular formula is C22H19FN4OS. The van der Waals surface area contributed by atoms with E-state index in [-0.39, 0.29) is 11.7 Å². The zero-order chi connectivity index (χ0) is 19.8. The van der Waals surface area contributed by atoms with E-state index in [2.05, 4.69) is 9.88 Å². The Morgan fingerprint density at radius 1 is 0.966 bits per heavy atom. The Morgan fingerprint density at radius 3 is 2.41 bits per heavy atom. The third-order valence-corrected chi connectivity index (χ3v) is 6.10. The van der Waals surface area contributed by atoms with Crippen LogP contribution < -0.4 is 4.90 Å². The zero-order valence-electron chi connectivity index (χ0n) is 15.7. The Hall–Kier alpha value is -3.19. The molecule has 1 aliphatic heterocycles. The van der Waals surface area contributed by atoms with E-state index < -0.39 is 0 Å². The van der Waals surface area contributed by atoms with Crippen molar-refractivity contribution in [3.05, 3.63) is 77.7 Å². The number of thiazole rings is 1. The Bertz CT molecular complexity index is 1140. The molecule has 5 rings (SSSR count). The number of carbonyl (C=O) groups is 1. The number of benzene rings is 2. The minimum absolute atomic E-state index is 0.0204. The van der Waals surface area contributed by atoms with Crippen LogP contribution >= 0.6 is 11.3 Å². The van der Waals surface area contributed by atoms with Gasteiger partial charge in [0.05, 0.1) is 5.69 Å². The molecule has 146 valence electrons. The summed E-state index contributed by atoms with van der Waals surface area (Å²) in [6.07, 6.45) is 1.93. The van der Waals surface area contributed by atoms with E-state index >= 15 is 0 Å². The number of rotatable bonds is 3. The van der Waals surface area contributed by atoms with Crippen LogP contribution in [0.25, 0.3) is 16.2 Å². The molecule has 7 heteroatoms. The summed E-state index contributed by atoms with van der Waals surface area (Å²) in [5, 5.41) is 1.88. The van der Waals surface area contributed by atoms with Crippen LogP contribution in [0.5, 0.6) is 0 Å². The lowest BCUT2D eigenvalue weighted by Crippen LogP contribution is -2.49. The second-order valence-corrected chi connectivity index (χ2v) is 7.86. The molecule has 1 saturated heterocycles. The van der Waals surface area contributed by atoms with Gasteiger partial charge in [0.15, 0.2) is 4.96 Å². The highest BCUT2D eigenvalue weighted by atomic mass is 32.1. The van der Waals surface area contributed by atoms with E-state index in [9.17, 15) is 9.18 Å². The van der Waals surface area contributed by atoms with Gasteiger partial charge in [-0.05, 0) is 24.3 Å². The van der Waals surface area contributed by atoms with Crippen molar-refractivity contribution >= 4 is 27.9 Å². The minimum Gasteiger partial charge on any atom is -0.368 e. The number of anilines is 1. The lowest BCUT2D eigenvalue weighted by molar-refractivity contribution is 0.0740. The fourth-order valence-corrected chi connectivity index (χ4v) is 4.51. The molecule has 0 saturated carbocycles. The molecule has 1 amide bonds. The van der Waals surface area contributed by atoms with E-state index in [0.717, 1.165) is 35.0 Å². The summed E-state index contributed by atoms with van der Waals surface area (Å²) >= 11 is 1.48. The molecule has 2 aromatic carbocycles. The van der Waals surface area contributed by atoms with Crippen LogP contribution in [0.3, 0.4) is 0 Å². The minimum atomic E-state index is -0.237. The maximum atomic E-state index is 13.1. The lowest BCUT2D eigenvalue weighted by Gasteiger charge is -2.36. The molecule has 0 aliphatic carbocycles. The van der Waals surface area contributed by atoms with Gasteiger partial charge in [-0.2, -0.15) is 0 Å². The average molecular weight is 406 g/mol. The monoisotopic (exact) mass is 406 g/mol. The third kappa shape index (κ3) is 3.38. The molecule has 4 aromatic rings. The molecule has 5 nitrogen and oxygen atoms in total. The van der Waals surface area contributed by atoms with Gasteiger partial charge in [0.1, 0.15) is 11.5 Å². The molecule has 1 aliphatic rings. The highest BCUT2D eigenvalue weighted by molar-refractivity contribution is 7.15. The van der Waals surface area contributed by atoms with Gasteiger partial charge >= 0.3 is 0 Å². The smallest absolute Gasteiger partial charge is 0.271 e. The first-order chi connectivity index (χ1) is 14.2. The Labute approximate surface area is 171 Å². The SMILES string of the molecule is O=C(c1csc2nc(-c3ccccc3)cn12)N1CCN(c2ccc(F)cc2)CC1. The topological polar surface area (TPSA) is 40.9 Å². The Morgan fingerprint density at radius 2 is 1.69 bits per heavy atom. The molecule has 29 heavy (non-hydrogen) atoms. The Kier molecular flexibility index (Phi) is 4.52. The molecule has 1 fully saturated rings. The van der Waals surface area contributed by atoms with Crippen LogP contribution in [0, 0.1) is 5.82 Å². The summed E-state index contributed by atoms with van der Waals surface area (Å²) in [6, 6.07) is 16.5. The van der Waals surface area contributed by atoms with Crippen LogP contribution in [0.1, 0.15) is 10.5 Å². The van der Waals surface area contributed by atoms with Crippen LogP contribution in [-0.4, -0.2) is 46.4 Å². The number of hydrogen-bond acceptors (Lipinski definition) is 4. The largest absolute Gasteiger partial charge is 0.368 e. The van der Waals surface area contributed by atoms with Crippen LogP contribution in [-0.2, 0) is 0 Å². The number of nitrogens with zero attached hydrogens (tertiary/aromatic N) is 4. The fourth-order valence-electron chi connectivity index (χ4n) is 3.67. The van der Waals surface area contributed by atoms with Crippen molar-refractivity contribution in [1.29, 1.82) is 0 Å². The summed E-state index contributed by atoms with van der Waals surface area (Å²) in [5.74, 6) is -0.216. The van der Waals surface area contributed by atoms with E-state index in [1.54, 1.807) is 12.1 Å². The van der Waals surface area contributed by atoms with Crippen molar-refractivity contribution in [1.82, 2.24) is 14.3 Å². The third-order valence-electron chi connectivity index (χ3n) is 5.26. The first-order valence-corrected chi connectivity index (χ1v) is 10.4. The van der Waals surface area contributed by atoms with Crippen LogP contribution in [0.15, 0.2) is 66.2 Å². The first kappa shape index (κ1) is 17.9. The van der Waals surface area contributed by atoms with Gasteiger partial charge in [-0.3, -0.25) is 9.20 Å². The summed E-state index contributed by atoms with van der Waals surface area (Å²) in [4.78, 5) is 22.7. The number of fused-ring (bicyclic) bond motifs is 1. The summed E-state index contributed by atoms with van der Waals surface area (Å²) < 4.78 is 15.0. The van der Waals surface area contributed by atoms with Crippen LogP contribution in [0.2, 0.25) is 0 Å². The van der Waals surface area contributed by atoms with E-state index in [1.165, 1.54) is 23.5 Å². The molecule has 0 spiro atoms. The van der Waals surface area contributed by atoms with E-state index in [0.29, 0.717) is 18.8 Å². The molecule has 0 unspecified atom stereocenters. The van der Waals surface area contributed by atoms with Gasteiger partial charge < -0.3 is 9.80 Å². The van der Waals surface area contributed by atoms with Crippen LogP contribution in [0.4, 0.5) is 10.1 Å². The molecular weight excluding hydrogens is 387 g/mol. The average Bonchev–Trinajstić information content (AvgIpc) is 3.36. The van der Waals surface area contributed by atoms with Crippen molar-refractivity contribution in [3.63, 3.8) is 0 Å². The molecule has 0 atom stereocenters. The highest BCUT2D eigenvalue weighted by Gasteiger charge is 2.25. The van der Waals surface area contributed by atoms with Gasteiger partial charge in [0, 0.05) is 49.0 Å². The molecule has 0 radical (unpaired) electrons. The van der Waals surface area contributed by atoms with Crippen molar-refractivity contribution in [3.8, 4) is 11.3 Å². The van der Waals surface area contributed by atoms with Gasteiger partial charge in [-0.1, -0.05) is 30.3 Å². The molecule has 3 heterocycles. The van der Waals surface area contributed by atoms with Crippen molar-refractivity contribution < 1.29 is 9.18 Å². The number of amides is 1. The van der Waals surface area contributed by atoms with Gasteiger partial charge in [0.25, 0.3) is 5.91 Å². The van der Waals surface area contributed by atoms with Crippen molar-refractivity contribution in [2.75, 3.05) is 31.1 Å². The summed E-state index contributed by atoms with van der Waals surface area (Å²) in [6.45, 7) is 2.72. The molecule has 0 N–H and O–H groups in total. The second kappa shape index (κ2) is 7.33. The first-order valence-electron chi connectivity index (χ1n) is 9.51. The molecule has 0 bridgehead atoms. The number of aromatic nitrogens is 2. The van der Waals surface area contributed by atoms with Crippen molar-refractivity contribution in [2.45, 2.75) is 0 Å². The summed E-state index contributed by atoms with van der Waals surface area (Å²) in [7, 11) is 0. The maximum absolute atomic E-state index is 13.1. The van der Waals surface area contributed by atoms with E-state index in [4.69, 9.17) is 0 Å². The quantitative estimate of drug-likeness (QED) is 0.513. The second-order valence-electron chi connectivity index (χ2n) is 7.02. The highest BCUT2D eigenvalue weighted by Crippen LogP contribution is 2.25. The number of piperazine rings is 1. The predicted octanol–water partition coefficient (Wildman–Crippen LogP) is 4.16. The number of hydrogen-bond donors (Lipinski definition) is 0. The normalized spacial score (nSPS) is 14.5. The fraction of sp³-hybridized carbons (Fsp3) is 0.182. The van der Waals surface area contributed by atoms with Gasteiger partial charge in [-0.25, -0.2) is 9.37 Å².